The molecule has 2 N–H and O–H groups in total. The van der Waals surface area contributed by atoms with Crippen molar-refractivity contribution in [1.82, 2.24) is 9.88 Å². The van der Waals surface area contributed by atoms with Gasteiger partial charge >= 0.3 is 0 Å². The molecule has 1 saturated heterocycles. The fourth-order valence-corrected chi connectivity index (χ4v) is 3.51. The number of benzene rings is 2. The van der Waals surface area contributed by atoms with E-state index in [2.05, 4.69) is 27.0 Å². The van der Waals surface area contributed by atoms with Crippen LogP contribution in [0.2, 0.25) is 0 Å². The highest BCUT2D eigenvalue weighted by molar-refractivity contribution is 6.02. The summed E-state index contributed by atoms with van der Waals surface area (Å²) >= 11 is 0. The highest BCUT2D eigenvalue weighted by Gasteiger charge is 2.11. The number of nitrogens with one attached hydrogen (secondary N) is 1. The number of halogens is 1. The number of nitrogens with zero attached hydrogens (tertiary/aromatic N) is 2. The van der Waals surface area contributed by atoms with Crippen molar-refractivity contribution in [2.24, 2.45) is 4.99 Å². The summed E-state index contributed by atoms with van der Waals surface area (Å²) in [6.45, 7) is 3.35. The Kier molecular flexibility index (Phi) is 4.71. The highest BCUT2D eigenvalue weighted by Crippen LogP contribution is 2.27. The van der Waals surface area contributed by atoms with Crippen LogP contribution in [-0.2, 0) is 6.54 Å². The van der Waals surface area contributed by atoms with Crippen LogP contribution in [-0.4, -0.2) is 34.3 Å². The third-order valence-electron chi connectivity index (χ3n) is 4.91. The number of aromatic hydroxyl groups is 1. The maximum Gasteiger partial charge on any atom is 0.198 e. The minimum Gasteiger partial charge on any atom is -0.494 e. The van der Waals surface area contributed by atoms with Gasteiger partial charge in [-0.05, 0) is 61.8 Å². The number of hydrogen-bond donors (Lipinski definition) is 2. The van der Waals surface area contributed by atoms with Crippen molar-refractivity contribution >= 4 is 22.8 Å². The van der Waals surface area contributed by atoms with Gasteiger partial charge in [-0.1, -0.05) is 18.6 Å². The van der Waals surface area contributed by atoms with E-state index in [9.17, 15) is 9.50 Å². The molecule has 4 rings (SSSR count). The van der Waals surface area contributed by atoms with Crippen LogP contribution in [0, 0.1) is 5.82 Å². The van der Waals surface area contributed by atoms with E-state index in [1.807, 2.05) is 12.1 Å². The summed E-state index contributed by atoms with van der Waals surface area (Å²) in [6.07, 6.45) is 5.55. The maximum atomic E-state index is 13.3. The van der Waals surface area contributed by atoms with Crippen LogP contribution in [0.1, 0.15) is 30.4 Å². The Hall–Kier alpha value is -2.66. The minimum absolute atomic E-state index is 0.00364. The Bertz CT molecular complexity index is 924. The lowest BCUT2D eigenvalue weighted by molar-refractivity contribution is 0.221. The molecule has 0 bridgehead atoms. The summed E-state index contributed by atoms with van der Waals surface area (Å²) in [5.74, 6) is -0.345. The van der Waals surface area contributed by atoms with Crippen LogP contribution in [0.4, 0.5) is 10.1 Å². The predicted molar refractivity (Wildman–Crippen MR) is 103 cm³/mol. The van der Waals surface area contributed by atoms with E-state index in [-0.39, 0.29) is 11.7 Å². The van der Waals surface area contributed by atoms with Gasteiger partial charge in [0.05, 0.1) is 16.8 Å². The molecule has 0 spiro atoms. The lowest BCUT2D eigenvalue weighted by Gasteiger charge is -2.26. The van der Waals surface area contributed by atoms with E-state index >= 15 is 0 Å². The van der Waals surface area contributed by atoms with Gasteiger partial charge in [-0.2, -0.15) is 0 Å². The molecule has 134 valence electrons. The molecule has 0 aliphatic carbocycles. The highest BCUT2D eigenvalue weighted by atomic mass is 19.1. The number of aromatic nitrogens is 1. The SMILES string of the molecule is Oc1[nH]c2cc(F)ccc2c1C=Nc1ccc(CN2CCCCC2)cc1. The number of aliphatic imine (C=N–C) groups is 1. The van der Waals surface area contributed by atoms with Gasteiger partial charge in [-0.3, -0.25) is 9.89 Å². The molecule has 2 heterocycles. The molecule has 2 aromatic carbocycles. The van der Waals surface area contributed by atoms with Crippen LogP contribution >= 0.6 is 0 Å². The average Bonchev–Trinajstić information content (AvgIpc) is 2.96. The molecule has 26 heavy (non-hydrogen) atoms. The number of hydrogen-bond acceptors (Lipinski definition) is 3. The number of H-pyrrole nitrogens is 1. The van der Waals surface area contributed by atoms with Crippen LogP contribution in [0.15, 0.2) is 47.5 Å². The first-order valence-electron chi connectivity index (χ1n) is 9.04. The average molecular weight is 351 g/mol. The van der Waals surface area contributed by atoms with Crippen molar-refractivity contribution in [2.75, 3.05) is 13.1 Å². The fraction of sp³-hybridized carbons (Fsp3) is 0.286. The van der Waals surface area contributed by atoms with E-state index < -0.39 is 0 Å². The van der Waals surface area contributed by atoms with Gasteiger partial charge in [0.15, 0.2) is 5.88 Å². The van der Waals surface area contributed by atoms with Crippen molar-refractivity contribution in [2.45, 2.75) is 25.8 Å². The van der Waals surface area contributed by atoms with Gasteiger partial charge in [-0.25, -0.2) is 4.39 Å². The Morgan fingerprint density at radius 3 is 2.62 bits per heavy atom. The zero-order valence-electron chi connectivity index (χ0n) is 14.6. The first-order chi connectivity index (χ1) is 12.7. The number of rotatable bonds is 4. The zero-order valence-corrected chi connectivity index (χ0v) is 14.6. The van der Waals surface area contributed by atoms with E-state index in [0.29, 0.717) is 11.1 Å². The molecule has 4 nitrogen and oxygen atoms in total. The second-order valence-electron chi connectivity index (χ2n) is 6.84. The molecule has 1 aliphatic rings. The number of likely N-dealkylation sites (tertiary alicyclic amines) is 1. The molecule has 0 saturated carbocycles. The third kappa shape index (κ3) is 3.63. The summed E-state index contributed by atoms with van der Waals surface area (Å²) in [5.41, 5.74) is 3.23. The fourth-order valence-electron chi connectivity index (χ4n) is 3.51. The first kappa shape index (κ1) is 16.8. The molecule has 3 aromatic rings. The van der Waals surface area contributed by atoms with Crippen molar-refractivity contribution in [3.63, 3.8) is 0 Å². The number of piperidine rings is 1. The van der Waals surface area contributed by atoms with E-state index in [1.165, 1.54) is 50.0 Å². The van der Waals surface area contributed by atoms with Gasteiger partial charge in [0.1, 0.15) is 5.82 Å². The molecule has 5 heteroatoms. The lowest BCUT2D eigenvalue weighted by Crippen LogP contribution is -2.28. The summed E-state index contributed by atoms with van der Waals surface area (Å²) in [5, 5.41) is 10.8. The minimum atomic E-state index is -0.341. The summed E-state index contributed by atoms with van der Waals surface area (Å²) in [6, 6.07) is 12.6. The van der Waals surface area contributed by atoms with E-state index in [1.54, 1.807) is 12.3 Å². The smallest absolute Gasteiger partial charge is 0.198 e. The molecule has 1 fully saturated rings. The largest absolute Gasteiger partial charge is 0.494 e. The van der Waals surface area contributed by atoms with Crippen molar-refractivity contribution in [3.8, 4) is 5.88 Å². The maximum absolute atomic E-state index is 13.3. The van der Waals surface area contributed by atoms with Gasteiger partial charge in [0, 0.05) is 18.1 Å². The number of fused-ring (bicyclic) bond motifs is 1. The zero-order chi connectivity index (χ0) is 17.9. The van der Waals surface area contributed by atoms with Crippen LogP contribution in [0.25, 0.3) is 10.9 Å². The first-order valence-corrected chi connectivity index (χ1v) is 9.04. The summed E-state index contributed by atoms with van der Waals surface area (Å²) < 4.78 is 13.3. The standard InChI is InChI=1S/C21H22FN3O/c22-16-6-9-18-19(21(26)24-20(18)12-16)13-23-17-7-4-15(5-8-17)14-25-10-2-1-3-11-25/h4-9,12-13,24,26H,1-3,10-11,14H2. The Labute approximate surface area is 152 Å². The topological polar surface area (TPSA) is 51.6 Å². The van der Waals surface area contributed by atoms with Crippen molar-refractivity contribution in [3.05, 3.63) is 59.4 Å². The number of aromatic amines is 1. The van der Waals surface area contributed by atoms with E-state index in [0.717, 1.165) is 17.6 Å². The normalized spacial score (nSPS) is 15.9. The molecular weight excluding hydrogens is 329 g/mol. The second-order valence-corrected chi connectivity index (χ2v) is 6.84. The Morgan fingerprint density at radius 2 is 1.85 bits per heavy atom. The van der Waals surface area contributed by atoms with Crippen LogP contribution < -0.4 is 0 Å². The summed E-state index contributed by atoms with van der Waals surface area (Å²) in [7, 11) is 0. The Morgan fingerprint density at radius 1 is 1.08 bits per heavy atom. The molecular formula is C21H22FN3O. The molecule has 0 unspecified atom stereocenters. The van der Waals surface area contributed by atoms with Crippen LogP contribution in [0.5, 0.6) is 5.88 Å². The molecule has 1 aromatic heterocycles. The summed E-state index contributed by atoms with van der Waals surface area (Å²) in [4.78, 5) is 9.73. The van der Waals surface area contributed by atoms with Gasteiger partial charge < -0.3 is 10.1 Å². The third-order valence-corrected chi connectivity index (χ3v) is 4.91. The lowest BCUT2D eigenvalue weighted by atomic mass is 10.1. The monoisotopic (exact) mass is 351 g/mol. The van der Waals surface area contributed by atoms with Crippen molar-refractivity contribution < 1.29 is 9.50 Å². The second kappa shape index (κ2) is 7.30. The quantitative estimate of drug-likeness (QED) is 0.667. The molecule has 0 radical (unpaired) electrons. The molecule has 0 atom stereocenters. The van der Waals surface area contributed by atoms with Crippen molar-refractivity contribution in [1.29, 1.82) is 0 Å². The van der Waals surface area contributed by atoms with Crippen LogP contribution in [0.3, 0.4) is 0 Å². The van der Waals surface area contributed by atoms with E-state index in [4.69, 9.17) is 0 Å². The molecule has 1 aliphatic heterocycles. The van der Waals surface area contributed by atoms with Gasteiger partial charge in [0.2, 0.25) is 0 Å². The predicted octanol–water partition coefficient (Wildman–Crippen LogP) is 4.75. The van der Waals surface area contributed by atoms with Gasteiger partial charge in [-0.15, -0.1) is 0 Å². The molecule has 0 amide bonds. The van der Waals surface area contributed by atoms with Gasteiger partial charge in [0.25, 0.3) is 0 Å². The Balaban J connectivity index is 1.49.